The highest BCUT2D eigenvalue weighted by molar-refractivity contribution is 8.00. The van der Waals surface area contributed by atoms with E-state index in [4.69, 9.17) is 11.6 Å². The predicted octanol–water partition coefficient (Wildman–Crippen LogP) is 3.72. The van der Waals surface area contributed by atoms with Crippen molar-refractivity contribution in [2.24, 2.45) is 0 Å². The molecule has 3 atom stereocenters. The van der Waals surface area contributed by atoms with E-state index in [1.165, 1.54) is 30.6 Å². The van der Waals surface area contributed by atoms with Crippen molar-refractivity contribution in [3.05, 3.63) is 29.3 Å². The van der Waals surface area contributed by atoms with Crippen LogP contribution in [0.1, 0.15) is 25.7 Å². The average Bonchev–Trinajstić information content (AvgIpc) is 2.58. The van der Waals surface area contributed by atoms with E-state index in [2.05, 4.69) is 17.4 Å². The molecule has 1 nitrogen and oxygen atoms in total. The largest absolute Gasteiger partial charge is 0.311 e. The number of fused-ring (bicyclic) bond motifs is 2. The summed E-state index contributed by atoms with van der Waals surface area (Å²) in [5.74, 6) is 0. The number of halogens is 1. The van der Waals surface area contributed by atoms with Crippen LogP contribution in [0, 0.1) is 0 Å². The van der Waals surface area contributed by atoms with E-state index >= 15 is 0 Å². The average molecular weight is 254 g/mol. The third-order valence-corrected chi connectivity index (χ3v) is 5.01. The molecule has 2 saturated heterocycles. The highest BCUT2D eigenvalue weighted by Crippen LogP contribution is 2.37. The summed E-state index contributed by atoms with van der Waals surface area (Å²) in [6.07, 6.45) is 5.37. The first-order chi connectivity index (χ1) is 7.79. The van der Waals surface area contributed by atoms with Gasteiger partial charge in [0.15, 0.2) is 0 Å². The lowest BCUT2D eigenvalue weighted by molar-refractivity contribution is 0.415. The molecule has 0 aromatic heterocycles. The Hall–Kier alpha value is -0.180. The maximum Gasteiger partial charge on any atom is 0.0417 e. The molecular formula is C13H16ClNS. The quantitative estimate of drug-likeness (QED) is 0.862. The number of hydrogen-bond donors (Lipinski definition) is 1. The van der Waals surface area contributed by atoms with Crippen molar-refractivity contribution in [3.63, 3.8) is 0 Å². The molecule has 0 saturated carbocycles. The molecule has 1 unspecified atom stereocenters. The molecule has 2 fully saturated rings. The molecular weight excluding hydrogens is 238 g/mol. The Morgan fingerprint density at radius 1 is 1.19 bits per heavy atom. The molecule has 1 aromatic rings. The van der Waals surface area contributed by atoms with E-state index in [1.54, 1.807) is 0 Å². The number of nitrogens with one attached hydrogen (secondary N) is 1. The highest BCUT2D eigenvalue weighted by atomic mass is 35.5. The highest BCUT2D eigenvalue weighted by Gasteiger charge is 2.33. The number of piperidine rings is 1. The first-order valence-corrected chi connectivity index (χ1v) is 7.23. The zero-order valence-electron chi connectivity index (χ0n) is 9.16. The van der Waals surface area contributed by atoms with Gasteiger partial charge in [-0.15, -0.1) is 11.8 Å². The Morgan fingerprint density at radius 3 is 2.62 bits per heavy atom. The summed E-state index contributed by atoms with van der Waals surface area (Å²) < 4.78 is 0. The SMILES string of the molecule is Clc1cccc(SC2C[C@H]3CC[C@@H](C2)N3)c1. The summed E-state index contributed by atoms with van der Waals surface area (Å²) in [4.78, 5) is 1.32. The Balaban J connectivity index is 1.67. The van der Waals surface area contributed by atoms with Gasteiger partial charge in [0.1, 0.15) is 0 Å². The molecule has 1 aromatic carbocycles. The molecule has 0 radical (unpaired) electrons. The molecule has 2 bridgehead atoms. The van der Waals surface area contributed by atoms with Crippen LogP contribution in [0.2, 0.25) is 5.02 Å². The second kappa shape index (κ2) is 4.59. The van der Waals surface area contributed by atoms with E-state index < -0.39 is 0 Å². The minimum absolute atomic E-state index is 0.774. The van der Waals surface area contributed by atoms with Crippen molar-refractivity contribution >= 4 is 23.4 Å². The molecule has 3 rings (SSSR count). The Bertz CT molecular complexity index is 370. The van der Waals surface area contributed by atoms with Crippen LogP contribution in [0.3, 0.4) is 0 Å². The molecule has 3 heteroatoms. The van der Waals surface area contributed by atoms with Gasteiger partial charge in [0.25, 0.3) is 0 Å². The Morgan fingerprint density at radius 2 is 1.94 bits per heavy atom. The van der Waals surface area contributed by atoms with Gasteiger partial charge in [-0.3, -0.25) is 0 Å². The van der Waals surface area contributed by atoms with Crippen LogP contribution in [0.4, 0.5) is 0 Å². The lowest BCUT2D eigenvalue weighted by Gasteiger charge is -2.28. The Labute approximate surface area is 106 Å². The van der Waals surface area contributed by atoms with Gasteiger partial charge in [0, 0.05) is 27.3 Å². The number of thioether (sulfide) groups is 1. The molecule has 2 heterocycles. The summed E-state index contributed by atoms with van der Waals surface area (Å²) in [5, 5.41) is 5.30. The zero-order valence-corrected chi connectivity index (χ0v) is 10.7. The lowest BCUT2D eigenvalue weighted by Crippen LogP contribution is -2.39. The third-order valence-electron chi connectivity index (χ3n) is 3.53. The van der Waals surface area contributed by atoms with Crippen LogP contribution >= 0.6 is 23.4 Å². The van der Waals surface area contributed by atoms with Crippen molar-refractivity contribution in [1.82, 2.24) is 5.32 Å². The van der Waals surface area contributed by atoms with Gasteiger partial charge in [-0.05, 0) is 43.9 Å². The van der Waals surface area contributed by atoms with Gasteiger partial charge in [-0.25, -0.2) is 0 Å². The summed E-state index contributed by atoms with van der Waals surface area (Å²) >= 11 is 8.01. The fraction of sp³-hybridized carbons (Fsp3) is 0.538. The monoisotopic (exact) mass is 253 g/mol. The van der Waals surface area contributed by atoms with Gasteiger partial charge in [0.2, 0.25) is 0 Å². The van der Waals surface area contributed by atoms with Crippen molar-refractivity contribution < 1.29 is 0 Å². The van der Waals surface area contributed by atoms with Crippen LogP contribution in [0.5, 0.6) is 0 Å². The molecule has 0 amide bonds. The predicted molar refractivity (Wildman–Crippen MR) is 70.3 cm³/mol. The van der Waals surface area contributed by atoms with E-state index in [9.17, 15) is 0 Å². The van der Waals surface area contributed by atoms with Gasteiger partial charge in [0.05, 0.1) is 0 Å². The molecule has 2 aliphatic heterocycles. The van der Waals surface area contributed by atoms with E-state index in [-0.39, 0.29) is 0 Å². The van der Waals surface area contributed by atoms with Crippen LogP contribution < -0.4 is 5.32 Å². The third kappa shape index (κ3) is 2.39. The topological polar surface area (TPSA) is 12.0 Å². The standard InChI is InChI=1S/C13H16ClNS/c14-9-2-1-3-12(6-9)16-13-7-10-4-5-11(8-13)15-10/h1-3,6,10-11,13,15H,4-5,7-8H2/t10-,11+,13?. The van der Waals surface area contributed by atoms with Crippen molar-refractivity contribution in [3.8, 4) is 0 Å². The van der Waals surface area contributed by atoms with E-state index in [0.717, 1.165) is 22.4 Å². The van der Waals surface area contributed by atoms with Crippen LogP contribution in [0.25, 0.3) is 0 Å². The van der Waals surface area contributed by atoms with Crippen LogP contribution in [0.15, 0.2) is 29.2 Å². The minimum Gasteiger partial charge on any atom is -0.311 e. The minimum atomic E-state index is 0.774. The molecule has 1 N–H and O–H groups in total. The number of benzene rings is 1. The normalized spacial score (nSPS) is 32.9. The molecule has 16 heavy (non-hydrogen) atoms. The first kappa shape index (κ1) is 10.9. The van der Waals surface area contributed by atoms with Crippen molar-refractivity contribution in [2.45, 2.75) is 47.9 Å². The van der Waals surface area contributed by atoms with Crippen LogP contribution in [-0.2, 0) is 0 Å². The molecule has 0 spiro atoms. The number of hydrogen-bond acceptors (Lipinski definition) is 2. The van der Waals surface area contributed by atoms with Gasteiger partial charge in [-0.1, -0.05) is 17.7 Å². The van der Waals surface area contributed by atoms with E-state index in [1.807, 2.05) is 23.9 Å². The molecule has 0 aliphatic carbocycles. The van der Waals surface area contributed by atoms with Gasteiger partial charge < -0.3 is 5.32 Å². The number of rotatable bonds is 2. The summed E-state index contributed by atoms with van der Waals surface area (Å²) in [7, 11) is 0. The zero-order chi connectivity index (χ0) is 11.0. The summed E-state index contributed by atoms with van der Waals surface area (Å²) in [6, 6.07) is 9.78. The summed E-state index contributed by atoms with van der Waals surface area (Å²) in [6.45, 7) is 0. The molecule has 86 valence electrons. The fourth-order valence-electron chi connectivity index (χ4n) is 2.83. The fourth-order valence-corrected chi connectivity index (χ4v) is 4.48. The van der Waals surface area contributed by atoms with Gasteiger partial charge >= 0.3 is 0 Å². The maximum absolute atomic E-state index is 6.01. The maximum atomic E-state index is 6.01. The molecule has 2 aliphatic rings. The van der Waals surface area contributed by atoms with Crippen molar-refractivity contribution in [1.29, 1.82) is 0 Å². The van der Waals surface area contributed by atoms with Gasteiger partial charge in [-0.2, -0.15) is 0 Å². The lowest BCUT2D eigenvalue weighted by atomic mass is 10.1. The summed E-state index contributed by atoms with van der Waals surface area (Å²) in [5.41, 5.74) is 0. The second-order valence-electron chi connectivity index (χ2n) is 4.81. The smallest absolute Gasteiger partial charge is 0.0417 e. The van der Waals surface area contributed by atoms with Crippen molar-refractivity contribution in [2.75, 3.05) is 0 Å². The van der Waals surface area contributed by atoms with E-state index in [0.29, 0.717) is 0 Å². The van der Waals surface area contributed by atoms with Crippen LogP contribution in [-0.4, -0.2) is 17.3 Å². The second-order valence-corrected chi connectivity index (χ2v) is 6.62. The first-order valence-electron chi connectivity index (χ1n) is 5.98. The Kier molecular flexibility index (Phi) is 3.14.